The van der Waals surface area contributed by atoms with Crippen molar-refractivity contribution in [3.8, 4) is 0 Å². The van der Waals surface area contributed by atoms with Crippen LogP contribution in [0.4, 0.5) is 0 Å². The van der Waals surface area contributed by atoms with Gasteiger partial charge in [0, 0.05) is 17.5 Å². The van der Waals surface area contributed by atoms with Crippen LogP contribution in [0.3, 0.4) is 0 Å². The topological polar surface area (TPSA) is 46.8 Å². The van der Waals surface area contributed by atoms with E-state index >= 15 is 0 Å². The highest BCUT2D eigenvalue weighted by molar-refractivity contribution is 7.10. The zero-order valence-corrected chi connectivity index (χ0v) is 12.7. The number of aryl methyl sites for hydroxylation is 1. The summed E-state index contributed by atoms with van der Waals surface area (Å²) in [6.45, 7) is 5.12. The van der Waals surface area contributed by atoms with Gasteiger partial charge in [0.2, 0.25) is 0 Å². The molecular weight excluding hydrogens is 270 g/mol. The van der Waals surface area contributed by atoms with E-state index in [1.807, 2.05) is 16.0 Å². The first-order chi connectivity index (χ1) is 9.88. The number of likely N-dealkylation sites (tertiary alicyclic amines) is 1. The molecule has 0 aliphatic carbocycles. The summed E-state index contributed by atoms with van der Waals surface area (Å²) in [5.41, 5.74) is 0. The first-order valence-electron chi connectivity index (χ1n) is 7.41. The molecule has 20 heavy (non-hydrogen) atoms. The Morgan fingerprint density at radius 1 is 1.45 bits per heavy atom. The van der Waals surface area contributed by atoms with E-state index in [0.29, 0.717) is 6.04 Å². The summed E-state index contributed by atoms with van der Waals surface area (Å²) < 4.78 is 1.97. The van der Waals surface area contributed by atoms with E-state index in [4.69, 9.17) is 0 Å². The lowest BCUT2D eigenvalue weighted by atomic mass is 10.2. The summed E-state index contributed by atoms with van der Waals surface area (Å²) in [7, 11) is 0. The van der Waals surface area contributed by atoms with Crippen molar-refractivity contribution in [2.75, 3.05) is 6.54 Å². The average molecular weight is 291 g/mol. The van der Waals surface area contributed by atoms with Crippen molar-refractivity contribution in [1.82, 2.24) is 25.1 Å². The molecule has 1 fully saturated rings. The Hall–Kier alpha value is -1.27. The zero-order chi connectivity index (χ0) is 13.8. The highest BCUT2D eigenvalue weighted by Gasteiger charge is 2.28. The first kappa shape index (κ1) is 13.7. The Labute approximate surface area is 123 Å². The molecule has 0 unspecified atom stereocenters. The predicted octanol–water partition coefficient (Wildman–Crippen LogP) is 2.87. The van der Waals surface area contributed by atoms with E-state index in [-0.39, 0.29) is 0 Å². The molecule has 1 aliphatic rings. The number of unbranched alkanes of at least 4 members (excludes halogenated alkanes) is 1. The van der Waals surface area contributed by atoms with Gasteiger partial charge < -0.3 is 0 Å². The Morgan fingerprint density at radius 2 is 2.40 bits per heavy atom. The summed E-state index contributed by atoms with van der Waals surface area (Å²) in [5, 5.41) is 14.3. The van der Waals surface area contributed by atoms with Crippen LogP contribution in [0.1, 0.15) is 49.4 Å². The predicted molar refractivity (Wildman–Crippen MR) is 79.4 cm³/mol. The van der Waals surface area contributed by atoms with Gasteiger partial charge in [-0.25, -0.2) is 4.68 Å². The SMILES string of the molecule is CCCCn1nnnc1CN1CCC[C@H]1c1cccs1. The lowest BCUT2D eigenvalue weighted by Crippen LogP contribution is -2.24. The summed E-state index contributed by atoms with van der Waals surface area (Å²) in [6, 6.07) is 4.93. The quantitative estimate of drug-likeness (QED) is 0.821. The van der Waals surface area contributed by atoms with Crippen LogP contribution in [-0.4, -0.2) is 31.7 Å². The van der Waals surface area contributed by atoms with Gasteiger partial charge in [0.15, 0.2) is 5.82 Å². The number of aromatic nitrogens is 4. The molecule has 1 atom stereocenters. The molecule has 0 saturated carbocycles. The largest absolute Gasteiger partial charge is 0.288 e. The summed E-state index contributed by atoms with van der Waals surface area (Å²) in [6.07, 6.45) is 4.81. The molecule has 2 aromatic heterocycles. The van der Waals surface area contributed by atoms with Crippen LogP contribution in [0, 0.1) is 0 Å². The maximum Gasteiger partial charge on any atom is 0.165 e. The van der Waals surface area contributed by atoms with Gasteiger partial charge in [0.1, 0.15) is 0 Å². The number of hydrogen-bond donors (Lipinski definition) is 0. The second-order valence-corrected chi connectivity index (χ2v) is 6.30. The lowest BCUT2D eigenvalue weighted by molar-refractivity contribution is 0.239. The zero-order valence-electron chi connectivity index (χ0n) is 11.9. The third-order valence-corrected chi connectivity index (χ3v) is 4.88. The van der Waals surface area contributed by atoms with E-state index in [1.165, 1.54) is 24.1 Å². The van der Waals surface area contributed by atoms with Gasteiger partial charge in [-0.1, -0.05) is 19.4 Å². The minimum absolute atomic E-state index is 0.548. The maximum atomic E-state index is 4.21. The number of thiophene rings is 1. The van der Waals surface area contributed by atoms with Gasteiger partial charge in [-0.2, -0.15) is 0 Å². The Morgan fingerprint density at radius 3 is 3.20 bits per heavy atom. The van der Waals surface area contributed by atoms with E-state index in [9.17, 15) is 0 Å². The van der Waals surface area contributed by atoms with Crippen molar-refractivity contribution in [2.24, 2.45) is 0 Å². The molecular formula is C14H21N5S. The van der Waals surface area contributed by atoms with Crippen molar-refractivity contribution in [1.29, 1.82) is 0 Å². The van der Waals surface area contributed by atoms with Crippen molar-refractivity contribution in [3.63, 3.8) is 0 Å². The van der Waals surface area contributed by atoms with Gasteiger partial charge in [-0.3, -0.25) is 4.90 Å². The Kier molecular flexibility index (Phi) is 4.42. The lowest BCUT2D eigenvalue weighted by Gasteiger charge is -2.22. The molecule has 0 radical (unpaired) electrons. The fraction of sp³-hybridized carbons (Fsp3) is 0.643. The molecule has 0 amide bonds. The molecule has 2 aromatic rings. The minimum atomic E-state index is 0.548. The van der Waals surface area contributed by atoms with Crippen LogP contribution in [0.15, 0.2) is 17.5 Å². The Bertz CT molecular complexity index is 521. The fourth-order valence-electron chi connectivity index (χ4n) is 2.82. The van der Waals surface area contributed by atoms with Crippen LogP contribution in [-0.2, 0) is 13.1 Å². The molecule has 3 rings (SSSR count). The van der Waals surface area contributed by atoms with Crippen molar-refractivity contribution in [2.45, 2.75) is 51.7 Å². The smallest absolute Gasteiger partial charge is 0.165 e. The molecule has 5 nitrogen and oxygen atoms in total. The molecule has 3 heterocycles. The van der Waals surface area contributed by atoms with E-state index in [1.54, 1.807) is 0 Å². The van der Waals surface area contributed by atoms with E-state index in [2.05, 4.69) is 44.9 Å². The second-order valence-electron chi connectivity index (χ2n) is 5.32. The molecule has 108 valence electrons. The molecule has 1 saturated heterocycles. The first-order valence-corrected chi connectivity index (χ1v) is 8.29. The van der Waals surface area contributed by atoms with E-state index < -0.39 is 0 Å². The van der Waals surface area contributed by atoms with Crippen LogP contribution in [0.25, 0.3) is 0 Å². The molecule has 0 bridgehead atoms. The van der Waals surface area contributed by atoms with Crippen molar-refractivity contribution < 1.29 is 0 Å². The molecule has 1 aliphatic heterocycles. The summed E-state index contributed by atoms with van der Waals surface area (Å²) in [5.74, 6) is 1.00. The molecule has 0 N–H and O–H groups in total. The van der Waals surface area contributed by atoms with Crippen LogP contribution in [0.5, 0.6) is 0 Å². The normalized spacial score (nSPS) is 19.8. The maximum absolute atomic E-state index is 4.21. The molecule has 0 spiro atoms. The van der Waals surface area contributed by atoms with Crippen LogP contribution >= 0.6 is 11.3 Å². The average Bonchev–Trinajstić information content (AvgIpc) is 3.18. The van der Waals surface area contributed by atoms with Gasteiger partial charge in [0.05, 0.1) is 6.54 Å². The highest BCUT2D eigenvalue weighted by Crippen LogP contribution is 2.35. The molecule has 6 heteroatoms. The van der Waals surface area contributed by atoms with Gasteiger partial charge in [0.25, 0.3) is 0 Å². The third kappa shape index (κ3) is 2.91. The van der Waals surface area contributed by atoms with E-state index in [0.717, 1.165) is 31.9 Å². The van der Waals surface area contributed by atoms with Gasteiger partial charge >= 0.3 is 0 Å². The minimum Gasteiger partial charge on any atom is -0.288 e. The summed E-state index contributed by atoms with van der Waals surface area (Å²) in [4.78, 5) is 3.98. The summed E-state index contributed by atoms with van der Waals surface area (Å²) >= 11 is 1.85. The number of hydrogen-bond acceptors (Lipinski definition) is 5. The number of tetrazole rings is 1. The number of nitrogens with zero attached hydrogens (tertiary/aromatic N) is 5. The Balaban J connectivity index is 1.69. The van der Waals surface area contributed by atoms with Crippen LogP contribution in [0.2, 0.25) is 0 Å². The standard InChI is InChI=1S/C14H21N5S/c1-2-3-9-19-14(15-16-17-19)11-18-8-4-6-12(18)13-7-5-10-20-13/h5,7,10,12H,2-4,6,8-9,11H2,1H3/t12-/m0/s1. The van der Waals surface area contributed by atoms with Gasteiger partial charge in [-0.05, 0) is 47.7 Å². The second kappa shape index (κ2) is 6.45. The van der Waals surface area contributed by atoms with Crippen LogP contribution < -0.4 is 0 Å². The highest BCUT2D eigenvalue weighted by atomic mass is 32.1. The number of rotatable bonds is 6. The fourth-order valence-corrected chi connectivity index (χ4v) is 3.71. The van der Waals surface area contributed by atoms with Gasteiger partial charge in [-0.15, -0.1) is 16.4 Å². The molecule has 0 aromatic carbocycles. The third-order valence-electron chi connectivity index (χ3n) is 3.91. The van der Waals surface area contributed by atoms with Crippen molar-refractivity contribution >= 4 is 11.3 Å². The van der Waals surface area contributed by atoms with Crippen molar-refractivity contribution in [3.05, 3.63) is 28.2 Å². The monoisotopic (exact) mass is 291 g/mol.